The predicted molar refractivity (Wildman–Crippen MR) is 74.3 cm³/mol. The van der Waals surface area contributed by atoms with Crippen molar-refractivity contribution in [2.45, 2.75) is 57.3 Å². The molecule has 0 amide bonds. The van der Waals surface area contributed by atoms with E-state index in [0.717, 1.165) is 6.54 Å². The van der Waals surface area contributed by atoms with Gasteiger partial charge < -0.3 is 5.73 Å². The lowest BCUT2D eigenvalue weighted by atomic mass is 9.62. The van der Waals surface area contributed by atoms with Crippen LogP contribution in [0.15, 0.2) is 24.3 Å². The molecule has 1 aliphatic rings. The first kappa shape index (κ1) is 12.6. The van der Waals surface area contributed by atoms with E-state index in [1.807, 2.05) is 0 Å². The molecule has 0 atom stereocenters. The topological polar surface area (TPSA) is 26.0 Å². The van der Waals surface area contributed by atoms with E-state index in [9.17, 15) is 0 Å². The second-order valence-corrected chi connectivity index (χ2v) is 5.44. The fourth-order valence-electron chi connectivity index (χ4n) is 3.25. The van der Waals surface area contributed by atoms with Crippen molar-refractivity contribution in [3.8, 4) is 0 Å². The molecule has 1 saturated carbocycles. The molecule has 2 N–H and O–H groups in total. The third-order valence-electron chi connectivity index (χ3n) is 4.66. The second-order valence-electron chi connectivity index (χ2n) is 5.44. The fourth-order valence-corrected chi connectivity index (χ4v) is 3.25. The Bertz CT molecular complexity index is 356. The number of hydrogen-bond donors (Lipinski definition) is 1. The van der Waals surface area contributed by atoms with Gasteiger partial charge in [0.05, 0.1) is 0 Å². The smallest absolute Gasteiger partial charge is 0.00784 e. The Morgan fingerprint density at radius 2 is 1.82 bits per heavy atom. The Kier molecular flexibility index (Phi) is 3.88. The van der Waals surface area contributed by atoms with Crippen LogP contribution in [-0.2, 0) is 5.41 Å². The quantitative estimate of drug-likeness (QED) is 0.815. The van der Waals surface area contributed by atoms with Crippen LogP contribution in [0, 0.1) is 0 Å². The molecular weight excluding hydrogens is 206 g/mol. The normalized spacial score (nSPS) is 18.1. The monoisotopic (exact) mass is 231 g/mol. The van der Waals surface area contributed by atoms with Crippen molar-refractivity contribution in [3.05, 3.63) is 35.4 Å². The highest BCUT2D eigenvalue weighted by Gasteiger charge is 2.39. The molecule has 0 saturated heterocycles. The van der Waals surface area contributed by atoms with Gasteiger partial charge in [-0.2, -0.15) is 0 Å². The van der Waals surface area contributed by atoms with Crippen molar-refractivity contribution in [3.63, 3.8) is 0 Å². The van der Waals surface area contributed by atoms with Crippen LogP contribution in [0.5, 0.6) is 0 Å². The molecule has 1 aromatic carbocycles. The molecule has 0 spiro atoms. The summed E-state index contributed by atoms with van der Waals surface area (Å²) in [4.78, 5) is 0. The zero-order chi connectivity index (χ0) is 12.3. The summed E-state index contributed by atoms with van der Waals surface area (Å²) >= 11 is 0. The van der Waals surface area contributed by atoms with Gasteiger partial charge in [0.1, 0.15) is 0 Å². The lowest BCUT2D eigenvalue weighted by Crippen LogP contribution is -2.42. The molecule has 1 nitrogen and oxygen atoms in total. The first-order valence-corrected chi connectivity index (χ1v) is 7.07. The van der Waals surface area contributed by atoms with Gasteiger partial charge in [-0.05, 0) is 42.7 Å². The lowest BCUT2D eigenvalue weighted by Gasteiger charge is -2.43. The molecule has 1 fully saturated rings. The van der Waals surface area contributed by atoms with Crippen molar-refractivity contribution in [1.82, 2.24) is 0 Å². The van der Waals surface area contributed by atoms with Crippen LogP contribution in [0.2, 0.25) is 0 Å². The van der Waals surface area contributed by atoms with Gasteiger partial charge in [-0.15, -0.1) is 0 Å². The predicted octanol–water partition coefficient (Wildman–Crippen LogP) is 3.97. The third kappa shape index (κ3) is 2.13. The van der Waals surface area contributed by atoms with Crippen LogP contribution in [0.3, 0.4) is 0 Å². The molecule has 0 bridgehead atoms. The highest BCUT2D eigenvalue weighted by molar-refractivity contribution is 5.39. The highest BCUT2D eigenvalue weighted by Crippen LogP contribution is 2.46. The maximum atomic E-state index is 6.05. The summed E-state index contributed by atoms with van der Waals surface area (Å²) in [6.07, 6.45) is 6.36. The van der Waals surface area contributed by atoms with Crippen LogP contribution in [0.4, 0.5) is 0 Å². The number of nitrogens with two attached hydrogens (primary N) is 1. The molecule has 0 heterocycles. The summed E-state index contributed by atoms with van der Waals surface area (Å²) < 4.78 is 0. The zero-order valence-electron chi connectivity index (χ0n) is 11.2. The first-order valence-electron chi connectivity index (χ1n) is 7.07. The van der Waals surface area contributed by atoms with Gasteiger partial charge in [0.25, 0.3) is 0 Å². The van der Waals surface area contributed by atoms with E-state index in [1.165, 1.54) is 32.1 Å². The summed E-state index contributed by atoms with van der Waals surface area (Å²) in [6.45, 7) is 5.39. The maximum Gasteiger partial charge on any atom is 0.00784 e. The van der Waals surface area contributed by atoms with Crippen LogP contribution in [-0.4, -0.2) is 6.54 Å². The number of hydrogen-bond acceptors (Lipinski definition) is 1. The SMILES string of the molecule is CCC(CC)c1ccccc1C1(CN)CCC1. The van der Waals surface area contributed by atoms with Crippen molar-refractivity contribution >= 4 is 0 Å². The Morgan fingerprint density at radius 1 is 1.18 bits per heavy atom. The van der Waals surface area contributed by atoms with E-state index in [1.54, 1.807) is 11.1 Å². The largest absolute Gasteiger partial charge is 0.330 e. The minimum atomic E-state index is 0.305. The molecule has 0 aliphatic heterocycles. The van der Waals surface area contributed by atoms with Crippen LogP contribution >= 0.6 is 0 Å². The van der Waals surface area contributed by atoms with Crippen molar-refractivity contribution in [2.24, 2.45) is 5.73 Å². The van der Waals surface area contributed by atoms with Gasteiger partial charge in [0.2, 0.25) is 0 Å². The fraction of sp³-hybridized carbons (Fsp3) is 0.625. The summed E-state index contributed by atoms with van der Waals surface area (Å²) in [5.41, 5.74) is 9.46. The van der Waals surface area contributed by atoms with E-state index in [2.05, 4.69) is 38.1 Å². The summed E-state index contributed by atoms with van der Waals surface area (Å²) in [5, 5.41) is 0. The zero-order valence-corrected chi connectivity index (χ0v) is 11.2. The van der Waals surface area contributed by atoms with Gasteiger partial charge in [0.15, 0.2) is 0 Å². The Labute approximate surface area is 105 Å². The van der Waals surface area contributed by atoms with Crippen LogP contribution in [0.25, 0.3) is 0 Å². The van der Waals surface area contributed by atoms with Crippen molar-refractivity contribution in [2.75, 3.05) is 6.54 Å². The Morgan fingerprint density at radius 3 is 2.29 bits per heavy atom. The third-order valence-corrected chi connectivity index (χ3v) is 4.66. The Balaban J connectivity index is 2.39. The Hall–Kier alpha value is -0.820. The lowest BCUT2D eigenvalue weighted by molar-refractivity contribution is 0.250. The van der Waals surface area contributed by atoms with Gasteiger partial charge in [-0.1, -0.05) is 44.5 Å². The maximum absolute atomic E-state index is 6.05. The number of rotatable bonds is 5. The van der Waals surface area contributed by atoms with Gasteiger partial charge in [0, 0.05) is 12.0 Å². The number of benzene rings is 1. The van der Waals surface area contributed by atoms with E-state index >= 15 is 0 Å². The second kappa shape index (κ2) is 5.22. The minimum Gasteiger partial charge on any atom is -0.330 e. The van der Waals surface area contributed by atoms with E-state index in [-0.39, 0.29) is 0 Å². The molecule has 0 aromatic heterocycles. The average Bonchev–Trinajstić information content (AvgIpc) is 2.32. The van der Waals surface area contributed by atoms with E-state index < -0.39 is 0 Å². The molecular formula is C16H25N. The summed E-state index contributed by atoms with van der Waals surface area (Å²) in [6, 6.07) is 9.00. The van der Waals surface area contributed by atoms with Crippen molar-refractivity contribution < 1.29 is 0 Å². The van der Waals surface area contributed by atoms with Crippen molar-refractivity contribution in [1.29, 1.82) is 0 Å². The van der Waals surface area contributed by atoms with Gasteiger partial charge in [-0.25, -0.2) is 0 Å². The van der Waals surface area contributed by atoms with Crippen LogP contribution in [0.1, 0.15) is 63.0 Å². The summed E-state index contributed by atoms with van der Waals surface area (Å²) in [5.74, 6) is 0.704. The van der Waals surface area contributed by atoms with Crippen LogP contribution < -0.4 is 5.73 Å². The minimum absolute atomic E-state index is 0.305. The summed E-state index contributed by atoms with van der Waals surface area (Å²) in [7, 11) is 0. The van der Waals surface area contributed by atoms with Gasteiger partial charge >= 0.3 is 0 Å². The first-order chi connectivity index (χ1) is 8.27. The average molecular weight is 231 g/mol. The molecule has 2 rings (SSSR count). The van der Waals surface area contributed by atoms with E-state index in [4.69, 9.17) is 5.73 Å². The molecule has 1 aliphatic carbocycles. The standard InChI is InChI=1S/C16H25N/c1-3-13(4-2)14-8-5-6-9-15(14)16(12-17)10-7-11-16/h5-6,8-9,13H,3-4,7,10-12,17H2,1-2H3. The molecule has 1 aromatic rings. The molecule has 1 heteroatoms. The molecule has 17 heavy (non-hydrogen) atoms. The van der Waals surface area contributed by atoms with Gasteiger partial charge in [-0.3, -0.25) is 0 Å². The molecule has 0 unspecified atom stereocenters. The molecule has 94 valence electrons. The highest BCUT2D eigenvalue weighted by atomic mass is 14.6. The molecule has 0 radical (unpaired) electrons. The van der Waals surface area contributed by atoms with E-state index in [0.29, 0.717) is 11.3 Å².